The van der Waals surface area contributed by atoms with Crippen molar-refractivity contribution >= 4 is 29.0 Å². The molecule has 0 aliphatic rings. The predicted molar refractivity (Wildman–Crippen MR) is 98.0 cm³/mol. The first-order chi connectivity index (χ1) is 12.6. The normalized spacial score (nSPS) is 10.8. The highest BCUT2D eigenvalue weighted by atomic mass is 35.5. The summed E-state index contributed by atoms with van der Waals surface area (Å²) in [4.78, 5) is 16.9. The van der Waals surface area contributed by atoms with Crippen LogP contribution in [0.15, 0.2) is 59.0 Å². The number of nitrogens with one attached hydrogen (secondary N) is 2. The van der Waals surface area contributed by atoms with Crippen LogP contribution in [0.1, 0.15) is 16.2 Å². The van der Waals surface area contributed by atoms with Crippen LogP contribution in [0.25, 0.3) is 17.2 Å². The summed E-state index contributed by atoms with van der Waals surface area (Å²) in [6.45, 7) is 1.68. The molecule has 2 aromatic heterocycles. The van der Waals surface area contributed by atoms with Gasteiger partial charge in [0.05, 0.1) is 10.7 Å². The molecule has 4 rings (SSSR count). The van der Waals surface area contributed by atoms with Crippen molar-refractivity contribution in [2.45, 2.75) is 6.92 Å². The number of aryl methyl sites for hydroxylation is 1. The summed E-state index contributed by atoms with van der Waals surface area (Å²) in [5.74, 6) is 0.639. The zero-order valence-electron chi connectivity index (χ0n) is 13.7. The van der Waals surface area contributed by atoms with Crippen LogP contribution in [0, 0.1) is 6.92 Å². The van der Waals surface area contributed by atoms with E-state index in [4.69, 9.17) is 16.0 Å². The van der Waals surface area contributed by atoms with Gasteiger partial charge in [0, 0.05) is 5.56 Å². The number of aromatic nitrogens is 3. The number of nitrogens with zero attached hydrogens (tertiary/aromatic N) is 3. The van der Waals surface area contributed by atoms with E-state index >= 15 is 0 Å². The van der Waals surface area contributed by atoms with Crippen molar-refractivity contribution in [3.63, 3.8) is 0 Å². The van der Waals surface area contributed by atoms with Gasteiger partial charge in [-0.1, -0.05) is 41.9 Å². The predicted octanol–water partition coefficient (Wildman–Crippen LogP) is 3.71. The van der Waals surface area contributed by atoms with Gasteiger partial charge in [0.2, 0.25) is 0 Å². The van der Waals surface area contributed by atoms with Crippen LogP contribution in [0.4, 0.5) is 5.69 Å². The highest BCUT2D eigenvalue weighted by molar-refractivity contribution is 6.33. The lowest BCUT2D eigenvalue weighted by Crippen LogP contribution is -2.30. The molecule has 0 aliphatic carbocycles. The first-order valence-electron chi connectivity index (χ1n) is 7.86. The Morgan fingerprint density at radius 2 is 1.85 bits per heavy atom. The molecule has 7 nitrogen and oxygen atoms in total. The van der Waals surface area contributed by atoms with Gasteiger partial charge in [-0.05, 0) is 31.2 Å². The maximum atomic E-state index is 12.6. The Morgan fingerprint density at radius 3 is 2.62 bits per heavy atom. The Bertz CT molecular complexity index is 1090. The monoisotopic (exact) mass is 367 g/mol. The lowest BCUT2D eigenvalue weighted by molar-refractivity contribution is 0.0954. The molecule has 0 radical (unpaired) electrons. The van der Waals surface area contributed by atoms with Crippen LogP contribution in [-0.4, -0.2) is 20.5 Å². The van der Waals surface area contributed by atoms with Gasteiger partial charge in [0.25, 0.3) is 5.91 Å². The van der Waals surface area contributed by atoms with Gasteiger partial charge in [-0.25, -0.2) is 0 Å². The molecule has 0 bridgehead atoms. The van der Waals surface area contributed by atoms with E-state index in [0.29, 0.717) is 22.2 Å². The van der Waals surface area contributed by atoms with Crippen LogP contribution < -0.4 is 10.9 Å². The fourth-order valence-electron chi connectivity index (χ4n) is 2.57. The van der Waals surface area contributed by atoms with Crippen molar-refractivity contribution in [2.75, 3.05) is 5.43 Å². The molecule has 2 heterocycles. The minimum atomic E-state index is -0.388. The molecule has 4 aromatic rings. The Labute approximate surface area is 153 Å². The summed E-state index contributed by atoms with van der Waals surface area (Å²) in [5.41, 5.74) is 7.16. The lowest BCUT2D eigenvalue weighted by Gasteiger charge is -2.07. The number of hydrazine groups is 1. The molecule has 8 heteroatoms. The van der Waals surface area contributed by atoms with Gasteiger partial charge in [0.15, 0.2) is 11.5 Å². The van der Waals surface area contributed by atoms with Crippen LogP contribution in [0.2, 0.25) is 5.02 Å². The number of fused-ring (bicyclic) bond motifs is 1. The quantitative estimate of drug-likeness (QED) is 0.537. The summed E-state index contributed by atoms with van der Waals surface area (Å²) in [5, 5.41) is 4.90. The number of hydrogen-bond acceptors (Lipinski definition) is 5. The van der Waals surface area contributed by atoms with Crippen molar-refractivity contribution in [3.8, 4) is 11.4 Å². The molecule has 0 unspecified atom stereocenters. The minimum absolute atomic E-state index is 0.224. The van der Waals surface area contributed by atoms with Crippen molar-refractivity contribution in [1.82, 2.24) is 20.0 Å². The molecule has 130 valence electrons. The molecule has 1 amide bonds. The number of hydrogen-bond donors (Lipinski definition) is 2. The average molecular weight is 368 g/mol. The molecule has 0 saturated heterocycles. The zero-order chi connectivity index (χ0) is 18.1. The molecule has 26 heavy (non-hydrogen) atoms. The molecule has 0 fully saturated rings. The minimum Gasteiger partial charge on any atom is -0.427 e. The number of oxazole rings is 1. The van der Waals surface area contributed by atoms with E-state index in [9.17, 15) is 4.79 Å². The fourth-order valence-corrected chi connectivity index (χ4v) is 2.79. The second-order valence-electron chi connectivity index (χ2n) is 5.56. The lowest BCUT2D eigenvalue weighted by atomic mass is 10.2. The number of amides is 1. The zero-order valence-corrected chi connectivity index (χ0v) is 14.5. The standard InChI is InChI=1S/C18H14ClN5O2/c1-11-15(17(25)22-21-12-7-3-2-4-8-12)24-18(26-11)20-16(23-24)13-9-5-6-10-14(13)19/h2-10,21H,1H3,(H,22,25). The molecule has 0 spiro atoms. The van der Waals surface area contributed by atoms with E-state index in [0.717, 1.165) is 5.69 Å². The van der Waals surface area contributed by atoms with E-state index in [1.807, 2.05) is 42.5 Å². The average Bonchev–Trinajstić information content (AvgIpc) is 3.17. The molecule has 0 aliphatic heterocycles. The van der Waals surface area contributed by atoms with E-state index < -0.39 is 0 Å². The van der Waals surface area contributed by atoms with Gasteiger partial charge in [-0.15, -0.1) is 5.10 Å². The van der Waals surface area contributed by atoms with Crippen LogP contribution in [0.5, 0.6) is 0 Å². The van der Waals surface area contributed by atoms with Crippen molar-refractivity contribution in [2.24, 2.45) is 0 Å². The first-order valence-corrected chi connectivity index (χ1v) is 8.24. The van der Waals surface area contributed by atoms with E-state index in [2.05, 4.69) is 20.9 Å². The molecule has 0 atom stereocenters. The second kappa shape index (κ2) is 6.53. The molecule has 2 N–H and O–H groups in total. The summed E-state index contributed by atoms with van der Waals surface area (Å²) >= 11 is 6.20. The van der Waals surface area contributed by atoms with Crippen molar-refractivity contribution in [3.05, 3.63) is 71.1 Å². The van der Waals surface area contributed by atoms with Gasteiger partial charge < -0.3 is 4.42 Å². The third-order valence-corrected chi connectivity index (χ3v) is 4.12. The van der Waals surface area contributed by atoms with Gasteiger partial charge in [-0.3, -0.25) is 15.6 Å². The number of anilines is 1. The maximum Gasteiger partial charge on any atom is 0.325 e. The number of benzene rings is 2. The topological polar surface area (TPSA) is 84.5 Å². The van der Waals surface area contributed by atoms with Crippen LogP contribution in [0.3, 0.4) is 0 Å². The van der Waals surface area contributed by atoms with Gasteiger partial charge in [-0.2, -0.15) is 9.50 Å². The summed E-state index contributed by atoms with van der Waals surface area (Å²) < 4.78 is 6.94. The van der Waals surface area contributed by atoms with E-state index in [-0.39, 0.29) is 17.4 Å². The summed E-state index contributed by atoms with van der Waals surface area (Å²) in [6.07, 6.45) is 0. The molecular formula is C18H14ClN5O2. The summed E-state index contributed by atoms with van der Waals surface area (Å²) in [7, 11) is 0. The van der Waals surface area contributed by atoms with Crippen molar-refractivity contribution < 1.29 is 9.21 Å². The SMILES string of the molecule is Cc1oc2nc(-c3ccccc3Cl)nn2c1C(=O)NNc1ccccc1. The third kappa shape index (κ3) is 2.89. The summed E-state index contributed by atoms with van der Waals surface area (Å²) in [6, 6.07) is 16.5. The first kappa shape index (κ1) is 16.2. The molecule has 2 aromatic carbocycles. The fraction of sp³-hybridized carbons (Fsp3) is 0.0556. The molecular weight excluding hydrogens is 354 g/mol. The highest BCUT2D eigenvalue weighted by Crippen LogP contribution is 2.26. The van der Waals surface area contributed by atoms with Gasteiger partial charge in [0.1, 0.15) is 5.76 Å². The van der Waals surface area contributed by atoms with E-state index in [1.54, 1.807) is 19.1 Å². The van der Waals surface area contributed by atoms with Crippen LogP contribution >= 0.6 is 11.6 Å². The number of para-hydroxylation sites is 1. The van der Waals surface area contributed by atoms with Crippen molar-refractivity contribution in [1.29, 1.82) is 0 Å². The van der Waals surface area contributed by atoms with Gasteiger partial charge >= 0.3 is 5.84 Å². The Hall–Kier alpha value is -3.32. The Kier molecular flexibility index (Phi) is 4.06. The van der Waals surface area contributed by atoms with Crippen LogP contribution in [-0.2, 0) is 0 Å². The highest BCUT2D eigenvalue weighted by Gasteiger charge is 2.22. The Morgan fingerprint density at radius 1 is 1.12 bits per heavy atom. The Balaban J connectivity index is 1.65. The largest absolute Gasteiger partial charge is 0.427 e. The third-order valence-electron chi connectivity index (χ3n) is 3.79. The number of rotatable bonds is 4. The maximum absolute atomic E-state index is 12.6. The number of halogens is 1. The number of carbonyl (C=O) groups is 1. The molecule has 0 saturated carbocycles. The second-order valence-corrected chi connectivity index (χ2v) is 5.97. The smallest absolute Gasteiger partial charge is 0.325 e. The number of carbonyl (C=O) groups excluding carboxylic acids is 1. The van der Waals surface area contributed by atoms with E-state index in [1.165, 1.54) is 4.52 Å².